The number of anilines is 1. The Hall–Kier alpha value is -3.19. The first kappa shape index (κ1) is 32.7. The van der Waals surface area contributed by atoms with Crippen LogP contribution in [0, 0.1) is 24.1 Å². The highest BCUT2D eigenvalue weighted by Gasteiger charge is 2.49. The summed E-state index contributed by atoms with van der Waals surface area (Å²) >= 11 is 0. The van der Waals surface area contributed by atoms with Crippen LogP contribution in [0.3, 0.4) is 0 Å². The van der Waals surface area contributed by atoms with Crippen LogP contribution in [0.4, 0.5) is 10.1 Å². The summed E-state index contributed by atoms with van der Waals surface area (Å²) in [6, 6.07) is 10.6. The summed E-state index contributed by atoms with van der Waals surface area (Å²) in [7, 11) is 0. The molecule has 2 aliphatic heterocycles. The number of hydrogen-bond donors (Lipinski definition) is 1. The molecule has 0 saturated carbocycles. The van der Waals surface area contributed by atoms with E-state index in [0.29, 0.717) is 30.8 Å². The monoisotopic (exact) mass is 592 g/mol. The van der Waals surface area contributed by atoms with Crippen molar-refractivity contribution in [1.82, 2.24) is 4.90 Å². The minimum Gasteiger partial charge on any atom is -0.493 e. The lowest BCUT2D eigenvalue weighted by Gasteiger charge is -2.36. The Bertz CT molecular complexity index is 1320. The van der Waals surface area contributed by atoms with E-state index in [2.05, 4.69) is 44.7 Å². The number of allylic oxidation sites excluding steroid dienone is 2. The largest absolute Gasteiger partial charge is 0.493 e. The number of ether oxygens (including phenoxy) is 1. The van der Waals surface area contributed by atoms with Crippen molar-refractivity contribution in [2.75, 3.05) is 24.6 Å². The van der Waals surface area contributed by atoms with E-state index in [1.54, 1.807) is 19.1 Å². The summed E-state index contributed by atoms with van der Waals surface area (Å²) in [5, 5.41) is 10.7. The van der Waals surface area contributed by atoms with Crippen molar-refractivity contribution in [3.05, 3.63) is 71.1 Å². The van der Waals surface area contributed by atoms with Gasteiger partial charge < -0.3 is 14.7 Å². The van der Waals surface area contributed by atoms with E-state index in [1.165, 1.54) is 6.07 Å². The fourth-order valence-corrected chi connectivity index (χ4v) is 7.24. The molecule has 2 aromatic carbocycles. The van der Waals surface area contributed by atoms with Gasteiger partial charge in [-0.2, -0.15) is 0 Å². The van der Waals surface area contributed by atoms with Crippen LogP contribution in [0.5, 0.6) is 5.75 Å². The zero-order valence-electron chi connectivity index (χ0n) is 26.7. The summed E-state index contributed by atoms with van der Waals surface area (Å²) in [6.07, 6.45) is 9.07. The Balaban J connectivity index is 1.73. The van der Waals surface area contributed by atoms with Gasteiger partial charge in [0.1, 0.15) is 11.6 Å². The van der Waals surface area contributed by atoms with E-state index in [0.717, 1.165) is 49.0 Å². The molecule has 0 aromatic heterocycles. The number of amides is 1. The average molecular weight is 593 g/mol. The van der Waals surface area contributed by atoms with Crippen molar-refractivity contribution >= 4 is 17.6 Å². The zero-order chi connectivity index (χ0) is 31.3. The van der Waals surface area contributed by atoms with Gasteiger partial charge >= 0.3 is 5.97 Å². The highest BCUT2D eigenvalue weighted by Crippen LogP contribution is 2.44. The van der Waals surface area contributed by atoms with E-state index in [9.17, 15) is 19.1 Å². The van der Waals surface area contributed by atoms with Crippen LogP contribution < -0.4 is 9.64 Å². The summed E-state index contributed by atoms with van der Waals surface area (Å²) in [5.74, 6) is -1.25. The second-order valence-corrected chi connectivity index (χ2v) is 13.1. The number of aryl methyl sites for hydroxylation is 1. The Morgan fingerprint density at radius 2 is 1.88 bits per heavy atom. The van der Waals surface area contributed by atoms with Gasteiger partial charge in [0.25, 0.3) is 0 Å². The molecule has 1 amide bonds. The summed E-state index contributed by atoms with van der Waals surface area (Å²) in [6.45, 7) is 13.4. The topological polar surface area (TPSA) is 70.1 Å². The van der Waals surface area contributed by atoms with Crippen molar-refractivity contribution < 1.29 is 23.8 Å². The first-order chi connectivity index (χ1) is 20.5. The van der Waals surface area contributed by atoms with E-state index in [4.69, 9.17) is 4.74 Å². The first-order valence-electron chi connectivity index (χ1n) is 15.9. The van der Waals surface area contributed by atoms with Gasteiger partial charge in [0.2, 0.25) is 5.91 Å². The Kier molecular flexibility index (Phi) is 10.7. The van der Waals surface area contributed by atoms with Gasteiger partial charge in [0.15, 0.2) is 0 Å². The summed E-state index contributed by atoms with van der Waals surface area (Å²) in [4.78, 5) is 31.4. The van der Waals surface area contributed by atoms with E-state index < -0.39 is 11.9 Å². The summed E-state index contributed by atoms with van der Waals surface area (Å²) < 4.78 is 20.0. The number of carbonyl (C=O) groups excluding carboxylic acids is 1. The number of carboxylic acids is 1. The number of aliphatic carboxylic acids is 1. The minimum atomic E-state index is -0.834. The van der Waals surface area contributed by atoms with Crippen molar-refractivity contribution in [2.24, 2.45) is 11.3 Å². The minimum absolute atomic E-state index is 0.0179. The lowest BCUT2D eigenvalue weighted by atomic mass is 9.77. The molecule has 1 fully saturated rings. The Morgan fingerprint density at radius 1 is 1.16 bits per heavy atom. The predicted molar refractivity (Wildman–Crippen MR) is 170 cm³/mol. The van der Waals surface area contributed by atoms with Gasteiger partial charge in [-0.15, -0.1) is 0 Å². The molecule has 234 valence electrons. The molecule has 3 atom stereocenters. The number of carbonyl (C=O) groups is 2. The Labute approximate surface area is 256 Å². The number of fused-ring (bicyclic) bond motifs is 1. The van der Waals surface area contributed by atoms with E-state index in [-0.39, 0.29) is 41.7 Å². The first-order valence-corrected chi connectivity index (χ1v) is 15.9. The van der Waals surface area contributed by atoms with Gasteiger partial charge in [-0.25, -0.2) is 4.39 Å². The molecule has 2 aliphatic rings. The molecule has 4 rings (SSSR count). The maximum Gasteiger partial charge on any atom is 0.308 e. The molecule has 43 heavy (non-hydrogen) atoms. The Morgan fingerprint density at radius 3 is 2.51 bits per heavy atom. The molecule has 0 spiro atoms. The fraction of sp³-hybridized carbons (Fsp3) is 0.556. The van der Waals surface area contributed by atoms with Crippen molar-refractivity contribution in [3.63, 3.8) is 0 Å². The van der Waals surface area contributed by atoms with Crippen molar-refractivity contribution in [1.29, 1.82) is 0 Å². The smallest absolute Gasteiger partial charge is 0.308 e. The molecule has 0 aliphatic carbocycles. The predicted octanol–water partition coefficient (Wildman–Crippen LogP) is 7.53. The number of nitrogens with zero attached hydrogens (tertiary/aromatic N) is 2. The van der Waals surface area contributed by atoms with Gasteiger partial charge in [-0.3, -0.25) is 14.5 Å². The van der Waals surface area contributed by atoms with Crippen LogP contribution in [-0.2, 0) is 16.0 Å². The molecule has 2 aromatic rings. The van der Waals surface area contributed by atoms with Gasteiger partial charge in [0.05, 0.1) is 19.1 Å². The maximum atomic E-state index is 14.4. The van der Waals surface area contributed by atoms with Gasteiger partial charge in [-0.1, -0.05) is 64.8 Å². The van der Waals surface area contributed by atoms with Crippen LogP contribution in [0.25, 0.3) is 0 Å². The van der Waals surface area contributed by atoms with Crippen LogP contribution in [0.15, 0.2) is 48.6 Å². The van der Waals surface area contributed by atoms with Crippen LogP contribution >= 0.6 is 0 Å². The fourth-order valence-electron chi connectivity index (χ4n) is 7.24. The molecule has 0 unspecified atom stereocenters. The van der Waals surface area contributed by atoms with Crippen LogP contribution in [0.1, 0.15) is 89.3 Å². The second-order valence-electron chi connectivity index (χ2n) is 13.1. The molecule has 6 nitrogen and oxygen atoms in total. The SMILES string of the molecule is CC=CC(C)(C)C[C@H]1[C@H](C(=O)O)[C@@H](c2ccc3c(c2)CCO3)CN1CC(=O)N(c1ccc(F)c(C)c1)C(CCC)CCC. The number of rotatable bonds is 13. The third-order valence-corrected chi connectivity index (χ3v) is 9.16. The number of hydrogen-bond acceptors (Lipinski definition) is 4. The molecule has 2 heterocycles. The lowest BCUT2D eigenvalue weighted by molar-refractivity contribution is -0.143. The number of carboxylic acid groups (broad SMARTS) is 1. The maximum absolute atomic E-state index is 14.4. The number of halogens is 1. The number of likely N-dealkylation sites (tertiary alicyclic amines) is 1. The normalized spacial score (nSPS) is 20.5. The third kappa shape index (κ3) is 7.49. The van der Waals surface area contributed by atoms with Gasteiger partial charge in [-0.05, 0) is 79.5 Å². The molecule has 0 bridgehead atoms. The van der Waals surface area contributed by atoms with E-state index in [1.807, 2.05) is 30.0 Å². The van der Waals surface area contributed by atoms with Crippen molar-refractivity contribution in [3.8, 4) is 5.75 Å². The van der Waals surface area contributed by atoms with E-state index >= 15 is 0 Å². The quantitative estimate of drug-likeness (QED) is 0.244. The van der Waals surface area contributed by atoms with Crippen LogP contribution in [0.2, 0.25) is 0 Å². The third-order valence-electron chi connectivity index (χ3n) is 9.16. The lowest BCUT2D eigenvalue weighted by Crippen LogP contribution is -2.48. The highest BCUT2D eigenvalue weighted by atomic mass is 19.1. The van der Waals surface area contributed by atoms with Crippen molar-refractivity contribution in [2.45, 2.75) is 98.1 Å². The van der Waals surface area contributed by atoms with Crippen LogP contribution in [-0.4, -0.2) is 53.7 Å². The average Bonchev–Trinajstić information content (AvgIpc) is 3.55. The molecular weight excluding hydrogens is 543 g/mol. The molecule has 1 N–H and O–H groups in total. The standard InChI is InChI=1S/C36H49FN2O4/c1-7-10-27(11-8-2)39(28-13-14-30(37)24(4)19-28)33(40)23-38-22-29(25-12-15-32-26(20-25)16-18-43-32)34(35(41)42)31(38)21-36(5,6)17-9-3/h9,12-15,17,19-20,27,29,31,34H,7-8,10-11,16,18,21-23H2,1-6H3,(H,41,42)/t29-,31+,34-/m1/s1. The molecule has 0 radical (unpaired) electrons. The highest BCUT2D eigenvalue weighted by molar-refractivity contribution is 5.95. The zero-order valence-corrected chi connectivity index (χ0v) is 26.7. The second kappa shape index (κ2) is 14.1. The number of benzene rings is 2. The molecule has 7 heteroatoms. The molecular formula is C36H49FN2O4. The van der Waals surface area contributed by atoms with Gasteiger partial charge in [0, 0.05) is 36.7 Å². The summed E-state index contributed by atoms with van der Waals surface area (Å²) in [5.41, 5.74) is 3.05. The molecule has 1 saturated heterocycles.